The van der Waals surface area contributed by atoms with Gasteiger partial charge in [0.1, 0.15) is 0 Å². The molecule has 2 N–H and O–H groups in total. The molecule has 1 aliphatic heterocycles. The Morgan fingerprint density at radius 1 is 1.31 bits per heavy atom. The zero-order valence-corrected chi connectivity index (χ0v) is 10.4. The molecule has 0 saturated carbocycles. The van der Waals surface area contributed by atoms with Crippen molar-refractivity contribution < 1.29 is 5.11 Å². The molecule has 1 aromatic carbocycles. The maximum absolute atomic E-state index is 9.35. The monoisotopic (exact) mass is 259 g/mol. The van der Waals surface area contributed by atoms with Gasteiger partial charge in [-0.15, -0.1) is 0 Å². The minimum absolute atomic E-state index is 0.206. The maximum Gasteiger partial charge on any atom is 0.0595 e. The van der Waals surface area contributed by atoms with Crippen LogP contribution in [0.15, 0.2) is 18.2 Å². The summed E-state index contributed by atoms with van der Waals surface area (Å²) in [5.74, 6) is 0.645. The smallest absolute Gasteiger partial charge is 0.0595 e. The average Bonchev–Trinajstić information content (AvgIpc) is 2.32. The molecular weight excluding hydrogens is 245 g/mol. The molecule has 2 nitrogen and oxygen atoms in total. The van der Waals surface area contributed by atoms with Crippen LogP contribution in [-0.4, -0.2) is 24.8 Å². The van der Waals surface area contributed by atoms with Crippen LogP contribution < -0.4 is 5.32 Å². The first-order valence-electron chi connectivity index (χ1n) is 5.49. The molecule has 16 heavy (non-hydrogen) atoms. The number of rotatable bonds is 2. The molecular formula is C12H15Cl2NO. The van der Waals surface area contributed by atoms with E-state index in [0.29, 0.717) is 16.0 Å². The summed E-state index contributed by atoms with van der Waals surface area (Å²) in [5, 5.41) is 13.8. The quantitative estimate of drug-likeness (QED) is 0.856. The van der Waals surface area contributed by atoms with Gasteiger partial charge in [0.2, 0.25) is 0 Å². The van der Waals surface area contributed by atoms with E-state index in [1.54, 1.807) is 0 Å². The maximum atomic E-state index is 9.35. The number of aliphatic hydroxyl groups excluding tert-OH is 1. The predicted octanol–water partition coefficient (Wildman–Crippen LogP) is 2.68. The van der Waals surface area contributed by atoms with E-state index in [1.807, 2.05) is 18.2 Å². The zero-order chi connectivity index (χ0) is 11.5. The van der Waals surface area contributed by atoms with Crippen molar-refractivity contribution >= 4 is 23.2 Å². The molecule has 2 atom stereocenters. The summed E-state index contributed by atoms with van der Waals surface area (Å²) >= 11 is 11.9. The van der Waals surface area contributed by atoms with Crippen LogP contribution in [0, 0.1) is 5.92 Å². The highest BCUT2D eigenvalue weighted by atomic mass is 35.5. The van der Waals surface area contributed by atoms with Gasteiger partial charge in [0.25, 0.3) is 0 Å². The lowest BCUT2D eigenvalue weighted by Gasteiger charge is -2.31. The highest BCUT2D eigenvalue weighted by Crippen LogP contribution is 2.33. The Labute approximate surface area is 106 Å². The van der Waals surface area contributed by atoms with Gasteiger partial charge in [-0.2, -0.15) is 0 Å². The summed E-state index contributed by atoms with van der Waals surface area (Å²) in [5.41, 5.74) is 1.18. The van der Waals surface area contributed by atoms with Crippen LogP contribution in [-0.2, 0) is 0 Å². The van der Waals surface area contributed by atoms with E-state index in [-0.39, 0.29) is 12.5 Å². The van der Waals surface area contributed by atoms with Crippen molar-refractivity contribution in [3.05, 3.63) is 33.8 Å². The molecule has 1 heterocycles. The molecule has 1 aliphatic rings. The van der Waals surface area contributed by atoms with E-state index >= 15 is 0 Å². The highest BCUT2D eigenvalue weighted by Gasteiger charge is 2.25. The third kappa shape index (κ3) is 2.51. The molecule has 0 spiro atoms. The number of nitrogens with one attached hydrogen (secondary N) is 1. The number of benzene rings is 1. The Morgan fingerprint density at radius 2 is 2.12 bits per heavy atom. The van der Waals surface area contributed by atoms with E-state index in [9.17, 15) is 5.11 Å². The number of halogens is 2. The van der Waals surface area contributed by atoms with Crippen molar-refractivity contribution in [1.82, 2.24) is 5.32 Å². The van der Waals surface area contributed by atoms with Gasteiger partial charge in [-0.3, -0.25) is 0 Å². The van der Waals surface area contributed by atoms with Crippen LogP contribution in [0.4, 0.5) is 0 Å². The third-order valence-electron chi connectivity index (χ3n) is 3.21. The van der Waals surface area contributed by atoms with Crippen LogP contribution in [0.5, 0.6) is 0 Å². The fourth-order valence-corrected chi connectivity index (χ4v) is 2.60. The van der Waals surface area contributed by atoms with Crippen molar-refractivity contribution in [2.45, 2.75) is 12.3 Å². The largest absolute Gasteiger partial charge is 0.396 e. The average molecular weight is 260 g/mol. The van der Waals surface area contributed by atoms with E-state index in [2.05, 4.69) is 5.32 Å². The molecule has 2 unspecified atom stereocenters. The molecule has 1 aromatic rings. The third-order valence-corrected chi connectivity index (χ3v) is 3.95. The Balaban J connectivity index is 2.23. The minimum Gasteiger partial charge on any atom is -0.396 e. The molecule has 88 valence electrons. The Morgan fingerprint density at radius 3 is 2.81 bits per heavy atom. The second-order valence-corrected chi connectivity index (χ2v) is 5.03. The molecule has 1 saturated heterocycles. The predicted molar refractivity (Wildman–Crippen MR) is 67.3 cm³/mol. The second kappa shape index (κ2) is 5.37. The minimum atomic E-state index is 0.206. The SMILES string of the molecule is OCC1CNCCC1c1ccc(Cl)c(Cl)c1. The zero-order valence-electron chi connectivity index (χ0n) is 8.92. The fraction of sp³-hybridized carbons (Fsp3) is 0.500. The second-order valence-electron chi connectivity index (χ2n) is 4.22. The first-order valence-corrected chi connectivity index (χ1v) is 6.24. The lowest BCUT2D eigenvalue weighted by atomic mass is 9.82. The van der Waals surface area contributed by atoms with Gasteiger partial charge in [0.15, 0.2) is 0 Å². The van der Waals surface area contributed by atoms with Gasteiger partial charge in [0, 0.05) is 19.1 Å². The molecule has 4 heteroatoms. The number of hydrogen-bond acceptors (Lipinski definition) is 2. The Kier molecular flexibility index (Phi) is 4.09. The molecule has 0 aromatic heterocycles. The lowest BCUT2D eigenvalue weighted by molar-refractivity contribution is 0.179. The van der Waals surface area contributed by atoms with E-state index in [0.717, 1.165) is 19.5 Å². The van der Waals surface area contributed by atoms with Gasteiger partial charge < -0.3 is 10.4 Å². The van der Waals surface area contributed by atoms with Crippen LogP contribution >= 0.6 is 23.2 Å². The van der Waals surface area contributed by atoms with Crippen LogP contribution in [0.3, 0.4) is 0 Å². The van der Waals surface area contributed by atoms with Gasteiger partial charge >= 0.3 is 0 Å². The van der Waals surface area contributed by atoms with Gasteiger partial charge in [-0.1, -0.05) is 29.3 Å². The highest BCUT2D eigenvalue weighted by molar-refractivity contribution is 6.42. The first kappa shape index (κ1) is 12.2. The van der Waals surface area contributed by atoms with Crippen LogP contribution in [0.1, 0.15) is 17.9 Å². The number of piperidine rings is 1. The number of aliphatic hydroxyl groups is 1. The van der Waals surface area contributed by atoms with Gasteiger partial charge in [0.05, 0.1) is 10.0 Å². The lowest BCUT2D eigenvalue weighted by Crippen LogP contribution is -2.37. The molecule has 0 radical (unpaired) electrons. The van der Waals surface area contributed by atoms with Crippen LogP contribution in [0.2, 0.25) is 10.0 Å². The molecule has 0 amide bonds. The summed E-state index contributed by atoms with van der Waals surface area (Å²) in [7, 11) is 0. The van der Waals surface area contributed by atoms with Crippen molar-refractivity contribution in [3.8, 4) is 0 Å². The van der Waals surface area contributed by atoms with E-state index < -0.39 is 0 Å². The van der Waals surface area contributed by atoms with Gasteiger partial charge in [-0.25, -0.2) is 0 Å². The van der Waals surface area contributed by atoms with Crippen molar-refractivity contribution in [3.63, 3.8) is 0 Å². The Bertz CT molecular complexity index is 370. The van der Waals surface area contributed by atoms with Crippen LogP contribution in [0.25, 0.3) is 0 Å². The van der Waals surface area contributed by atoms with Crippen molar-refractivity contribution in [2.24, 2.45) is 5.92 Å². The summed E-state index contributed by atoms with van der Waals surface area (Å²) in [6.07, 6.45) is 1.03. The Hall–Kier alpha value is -0.280. The molecule has 0 bridgehead atoms. The van der Waals surface area contributed by atoms with Crippen molar-refractivity contribution in [2.75, 3.05) is 19.7 Å². The molecule has 1 fully saturated rings. The van der Waals surface area contributed by atoms with Gasteiger partial charge in [-0.05, 0) is 36.6 Å². The standard InChI is InChI=1S/C12H15Cl2NO/c13-11-2-1-8(5-12(11)14)10-3-4-15-6-9(10)7-16/h1-2,5,9-10,15-16H,3-4,6-7H2. The van der Waals surface area contributed by atoms with E-state index in [1.165, 1.54) is 5.56 Å². The van der Waals surface area contributed by atoms with Crippen molar-refractivity contribution in [1.29, 1.82) is 0 Å². The van der Waals surface area contributed by atoms with E-state index in [4.69, 9.17) is 23.2 Å². The summed E-state index contributed by atoms with van der Waals surface area (Å²) in [6, 6.07) is 5.76. The molecule has 0 aliphatic carbocycles. The normalized spacial score (nSPS) is 25.7. The summed E-state index contributed by atoms with van der Waals surface area (Å²) in [6.45, 7) is 2.06. The fourth-order valence-electron chi connectivity index (χ4n) is 2.30. The summed E-state index contributed by atoms with van der Waals surface area (Å²) in [4.78, 5) is 0. The molecule has 2 rings (SSSR count). The number of hydrogen-bond donors (Lipinski definition) is 2. The first-order chi connectivity index (χ1) is 7.72. The topological polar surface area (TPSA) is 32.3 Å². The summed E-state index contributed by atoms with van der Waals surface area (Å²) < 4.78 is 0.